The SMILES string of the molecule is NC(=O)C1(NC(=O)c2nc3ccccc3[nH]2)CCCC1. The molecule has 4 N–H and O–H groups in total. The minimum atomic E-state index is -0.921. The molecule has 0 spiro atoms. The summed E-state index contributed by atoms with van der Waals surface area (Å²) in [5.74, 6) is -0.653. The van der Waals surface area contributed by atoms with Crippen LogP contribution in [0.15, 0.2) is 24.3 Å². The topological polar surface area (TPSA) is 101 Å². The predicted molar refractivity (Wildman–Crippen MR) is 74.0 cm³/mol. The molecule has 2 aromatic rings. The molecule has 3 rings (SSSR count). The molecule has 1 aromatic carbocycles. The molecule has 0 radical (unpaired) electrons. The van der Waals surface area contributed by atoms with Crippen molar-refractivity contribution in [2.45, 2.75) is 31.2 Å². The number of nitrogens with one attached hydrogen (secondary N) is 2. The Labute approximate surface area is 115 Å². The van der Waals surface area contributed by atoms with Gasteiger partial charge in [0, 0.05) is 0 Å². The number of fused-ring (bicyclic) bond motifs is 1. The van der Waals surface area contributed by atoms with Crippen LogP contribution >= 0.6 is 0 Å². The number of imidazole rings is 1. The molecule has 2 amide bonds. The van der Waals surface area contributed by atoms with Gasteiger partial charge in [-0.05, 0) is 25.0 Å². The molecular weight excluding hydrogens is 256 g/mol. The van der Waals surface area contributed by atoms with E-state index in [0.29, 0.717) is 12.8 Å². The van der Waals surface area contributed by atoms with Gasteiger partial charge in [0.25, 0.3) is 5.91 Å². The zero-order valence-electron chi connectivity index (χ0n) is 11.0. The fourth-order valence-corrected chi connectivity index (χ4v) is 2.75. The smallest absolute Gasteiger partial charge is 0.287 e. The van der Waals surface area contributed by atoms with Gasteiger partial charge in [-0.25, -0.2) is 4.98 Å². The van der Waals surface area contributed by atoms with Crippen molar-refractivity contribution in [3.05, 3.63) is 30.1 Å². The molecule has 0 atom stereocenters. The van der Waals surface area contributed by atoms with Gasteiger partial charge in [0.05, 0.1) is 11.0 Å². The van der Waals surface area contributed by atoms with E-state index in [1.54, 1.807) is 0 Å². The van der Waals surface area contributed by atoms with Crippen molar-refractivity contribution in [2.75, 3.05) is 0 Å². The largest absolute Gasteiger partial charge is 0.368 e. The van der Waals surface area contributed by atoms with Crippen molar-refractivity contribution in [3.63, 3.8) is 0 Å². The number of H-pyrrole nitrogens is 1. The molecule has 1 saturated carbocycles. The van der Waals surface area contributed by atoms with E-state index in [1.807, 2.05) is 24.3 Å². The van der Waals surface area contributed by atoms with Gasteiger partial charge in [0.15, 0.2) is 5.82 Å². The Morgan fingerprint density at radius 1 is 1.25 bits per heavy atom. The van der Waals surface area contributed by atoms with Gasteiger partial charge in [-0.1, -0.05) is 25.0 Å². The maximum atomic E-state index is 12.3. The average molecular weight is 272 g/mol. The summed E-state index contributed by atoms with van der Waals surface area (Å²) in [5, 5.41) is 2.76. The van der Waals surface area contributed by atoms with Gasteiger partial charge in [0.1, 0.15) is 5.54 Å². The highest BCUT2D eigenvalue weighted by Gasteiger charge is 2.41. The van der Waals surface area contributed by atoms with E-state index in [0.717, 1.165) is 23.9 Å². The van der Waals surface area contributed by atoms with Crippen LogP contribution in [0.1, 0.15) is 36.3 Å². The highest BCUT2D eigenvalue weighted by molar-refractivity contribution is 5.98. The van der Waals surface area contributed by atoms with E-state index >= 15 is 0 Å². The lowest BCUT2D eigenvalue weighted by atomic mass is 9.96. The number of aromatic amines is 1. The zero-order chi connectivity index (χ0) is 14.2. The Balaban J connectivity index is 1.87. The van der Waals surface area contributed by atoms with Crippen molar-refractivity contribution >= 4 is 22.8 Å². The molecular formula is C14H16N4O2. The molecule has 6 heteroatoms. The summed E-state index contributed by atoms with van der Waals surface area (Å²) in [6.45, 7) is 0. The molecule has 1 aromatic heterocycles. The van der Waals surface area contributed by atoms with Crippen molar-refractivity contribution in [3.8, 4) is 0 Å². The Morgan fingerprint density at radius 2 is 1.95 bits per heavy atom. The zero-order valence-corrected chi connectivity index (χ0v) is 11.0. The molecule has 1 aliphatic carbocycles. The summed E-state index contributed by atoms with van der Waals surface area (Å²) in [6.07, 6.45) is 2.97. The fourth-order valence-electron chi connectivity index (χ4n) is 2.75. The third kappa shape index (κ3) is 2.03. The Kier molecular flexibility index (Phi) is 2.93. The monoisotopic (exact) mass is 272 g/mol. The third-order valence-electron chi connectivity index (χ3n) is 3.89. The van der Waals surface area contributed by atoms with Gasteiger partial charge in [-0.2, -0.15) is 0 Å². The first-order chi connectivity index (χ1) is 9.61. The van der Waals surface area contributed by atoms with Crippen LogP contribution in [0.3, 0.4) is 0 Å². The van der Waals surface area contributed by atoms with E-state index in [4.69, 9.17) is 5.73 Å². The second-order valence-electron chi connectivity index (χ2n) is 5.21. The molecule has 1 aliphatic rings. The number of hydrogen-bond donors (Lipinski definition) is 3. The Hall–Kier alpha value is -2.37. The molecule has 0 saturated heterocycles. The lowest BCUT2D eigenvalue weighted by Crippen LogP contribution is -2.55. The van der Waals surface area contributed by atoms with Gasteiger partial charge >= 0.3 is 0 Å². The van der Waals surface area contributed by atoms with Crippen LogP contribution in [0.25, 0.3) is 11.0 Å². The molecule has 6 nitrogen and oxygen atoms in total. The number of amides is 2. The number of primary amides is 1. The average Bonchev–Trinajstić information content (AvgIpc) is 3.05. The van der Waals surface area contributed by atoms with Crippen LogP contribution in [0.5, 0.6) is 0 Å². The summed E-state index contributed by atoms with van der Waals surface area (Å²) in [4.78, 5) is 31.1. The van der Waals surface area contributed by atoms with Gasteiger partial charge in [-0.15, -0.1) is 0 Å². The number of para-hydroxylation sites is 2. The standard InChI is InChI=1S/C14H16N4O2/c15-13(20)14(7-3-4-8-14)18-12(19)11-16-9-5-1-2-6-10(9)17-11/h1-2,5-6H,3-4,7-8H2,(H2,15,20)(H,16,17)(H,18,19). The third-order valence-corrected chi connectivity index (χ3v) is 3.89. The fraction of sp³-hybridized carbons (Fsp3) is 0.357. The molecule has 1 fully saturated rings. The maximum absolute atomic E-state index is 12.3. The number of nitrogens with two attached hydrogens (primary N) is 1. The first-order valence-corrected chi connectivity index (χ1v) is 6.68. The summed E-state index contributed by atoms with van der Waals surface area (Å²) < 4.78 is 0. The predicted octanol–water partition coefficient (Wildman–Crippen LogP) is 1.09. The minimum absolute atomic E-state index is 0.207. The van der Waals surface area contributed by atoms with Crippen molar-refractivity contribution in [1.29, 1.82) is 0 Å². The number of rotatable bonds is 3. The second kappa shape index (κ2) is 4.63. The number of hydrogen-bond acceptors (Lipinski definition) is 3. The first-order valence-electron chi connectivity index (χ1n) is 6.68. The highest BCUT2D eigenvalue weighted by atomic mass is 16.2. The summed E-state index contributed by atoms with van der Waals surface area (Å²) in [7, 11) is 0. The maximum Gasteiger partial charge on any atom is 0.287 e. The van der Waals surface area contributed by atoms with Crippen molar-refractivity contribution in [1.82, 2.24) is 15.3 Å². The van der Waals surface area contributed by atoms with E-state index in [-0.39, 0.29) is 11.7 Å². The summed E-state index contributed by atoms with van der Waals surface area (Å²) >= 11 is 0. The van der Waals surface area contributed by atoms with Gasteiger partial charge in [0.2, 0.25) is 5.91 Å². The van der Waals surface area contributed by atoms with Crippen LogP contribution in [-0.4, -0.2) is 27.3 Å². The molecule has 0 unspecified atom stereocenters. The van der Waals surface area contributed by atoms with Crippen molar-refractivity contribution < 1.29 is 9.59 Å². The van der Waals surface area contributed by atoms with Crippen LogP contribution in [0.2, 0.25) is 0 Å². The molecule has 0 aliphatic heterocycles. The second-order valence-corrected chi connectivity index (χ2v) is 5.21. The van der Waals surface area contributed by atoms with E-state index in [1.165, 1.54) is 0 Å². The van der Waals surface area contributed by atoms with E-state index < -0.39 is 11.4 Å². The summed E-state index contributed by atoms with van der Waals surface area (Å²) in [6, 6.07) is 7.39. The van der Waals surface area contributed by atoms with Crippen LogP contribution < -0.4 is 11.1 Å². The Morgan fingerprint density at radius 3 is 2.60 bits per heavy atom. The Bertz CT molecular complexity index is 638. The normalized spacial score (nSPS) is 17.2. The van der Waals surface area contributed by atoms with Gasteiger partial charge in [-0.3, -0.25) is 9.59 Å². The van der Waals surface area contributed by atoms with E-state index in [9.17, 15) is 9.59 Å². The number of carbonyl (C=O) groups excluding carboxylic acids is 2. The van der Waals surface area contributed by atoms with Gasteiger partial charge < -0.3 is 16.0 Å². The van der Waals surface area contributed by atoms with Crippen LogP contribution in [0, 0.1) is 0 Å². The number of nitrogens with zero attached hydrogens (tertiary/aromatic N) is 1. The van der Waals surface area contributed by atoms with Crippen LogP contribution in [-0.2, 0) is 4.79 Å². The van der Waals surface area contributed by atoms with Crippen LogP contribution in [0.4, 0.5) is 0 Å². The quantitative estimate of drug-likeness (QED) is 0.779. The first kappa shape index (κ1) is 12.7. The number of aromatic nitrogens is 2. The minimum Gasteiger partial charge on any atom is -0.368 e. The molecule has 1 heterocycles. The molecule has 104 valence electrons. The lowest BCUT2D eigenvalue weighted by molar-refractivity contribution is -0.123. The molecule has 20 heavy (non-hydrogen) atoms. The van der Waals surface area contributed by atoms with Crippen molar-refractivity contribution in [2.24, 2.45) is 5.73 Å². The number of benzene rings is 1. The lowest BCUT2D eigenvalue weighted by Gasteiger charge is -2.25. The molecule has 0 bridgehead atoms. The van der Waals surface area contributed by atoms with E-state index in [2.05, 4.69) is 15.3 Å². The number of carbonyl (C=O) groups is 2. The highest BCUT2D eigenvalue weighted by Crippen LogP contribution is 2.29. The summed E-state index contributed by atoms with van der Waals surface area (Å²) in [5.41, 5.74) is 6.04.